The number of hydrogen-bond acceptors (Lipinski definition) is 3. The van der Waals surface area contributed by atoms with Crippen LogP contribution in [-0.2, 0) is 11.2 Å². The molecule has 0 heterocycles. The van der Waals surface area contributed by atoms with Crippen molar-refractivity contribution in [2.75, 3.05) is 19.4 Å². The smallest absolute Gasteiger partial charge is 0.256 e. The van der Waals surface area contributed by atoms with E-state index < -0.39 is 0 Å². The summed E-state index contributed by atoms with van der Waals surface area (Å²) in [6.07, 6.45) is 0.625. The Morgan fingerprint density at radius 3 is 2.17 bits per heavy atom. The number of amides is 1. The number of rotatable bonds is 5. The summed E-state index contributed by atoms with van der Waals surface area (Å²) in [6, 6.07) is 19.2. The molecule has 2 aromatic carbocycles. The van der Waals surface area contributed by atoms with Gasteiger partial charge in [0, 0.05) is 5.69 Å². The Hall–Kier alpha value is -2.44. The fourth-order valence-electron chi connectivity index (χ4n) is 2.23. The van der Waals surface area contributed by atoms with E-state index in [1.807, 2.05) is 79.7 Å². The Morgan fingerprint density at radius 2 is 1.58 bits per heavy atom. The minimum Gasteiger partial charge on any atom is -0.331 e. The summed E-state index contributed by atoms with van der Waals surface area (Å²) in [7, 11) is 3.77. The zero-order valence-corrected chi connectivity index (χ0v) is 14.6. The molecule has 0 aliphatic rings. The molecule has 0 radical (unpaired) electrons. The van der Waals surface area contributed by atoms with Gasteiger partial charge in [-0.1, -0.05) is 48.5 Å². The molecule has 0 saturated carbocycles. The molecule has 0 aliphatic carbocycles. The number of anilines is 1. The third-order valence-corrected chi connectivity index (χ3v) is 3.73. The normalized spacial score (nSPS) is 11.6. The zero-order valence-electron chi connectivity index (χ0n) is 13.8. The summed E-state index contributed by atoms with van der Waals surface area (Å²) in [5.74, 6) is -0.138. The third-order valence-electron chi connectivity index (χ3n) is 3.53. The molecule has 1 unspecified atom stereocenters. The van der Waals surface area contributed by atoms with E-state index in [1.54, 1.807) is 0 Å². The second-order valence-electron chi connectivity index (χ2n) is 5.60. The van der Waals surface area contributed by atoms with Gasteiger partial charge in [0.1, 0.15) is 0 Å². The highest BCUT2D eigenvalue weighted by Crippen LogP contribution is 2.07. The van der Waals surface area contributed by atoms with Crippen LogP contribution in [-0.4, -0.2) is 36.1 Å². The molecule has 0 spiro atoms. The van der Waals surface area contributed by atoms with Crippen LogP contribution in [0, 0.1) is 0 Å². The Balaban J connectivity index is 1.87. The van der Waals surface area contributed by atoms with Gasteiger partial charge in [-0.15, -0.1) is 0 Å². The highest BCUT2D eigenvalue weighted by Gasteiger charge is 2.21. The summed E-state index contributed by atoms with van der Waals surface area (Å²) in [6.45, 7) is 0. The molecule has 24 heavy (non-hydrogen) atoms. The van der Waals surface area contributed by atoms with Crippen molar-refractivity contribution >= 4 is 28.9 Å². The molecule has 5 nitrogen and oxygen atoms in total. The van der Waals surface area contributed by atoms with Gasteiger partial charge in [0.2, 0.25) is 0 Å². The first-order valence-electron chi connectivity index (χ1n) is 7.68. The van der Waals surface area contributed by atoms with Crippen molar-refractivity contribution < 1.29 is 4.79 Å². The van der Waals surface area contributed by atoms with Gasteiger partial charge in [0.15, 0.2) is 5.11 Å². The maximum atomic E-state index is 12.4. The van der Waals surface area contributed by atoms with E-state index >= 15 is 0 Å². The number of nitrogens with one attached hydrogen (secondary N) is 3. The van der Waals surface area contributed by atoms with Crippen LogP contribution in [0.25, 0.3) is 0 Å². The predicted octanol–water partition coefficient (Wildman–Crippen LogP) is 2.18. The maximum absolute atomic E-state index is 12.4. The van der Waals surface area contributed by atoms with Gasteiger partial charge >= 0.3 is 0 Å². The van der Waals surface area contributed by atoms with Gasteiger partial charge in [-0.25, -0.2) is 0 Å². The first-order chi connectivity index (χ1) is 11.6. The van der Waals surface area contributed by atoms with Crippen molar-refractivity contribution in [1.29, 1.82) is 0 Å². The Kier molecular flexibility index (Phi) is 6.72. The van der Waals surface area contributed by atoms with Crippen molar-refractivity contribution in [3.8, 4) is 0 Å². The Bertz CT molecular complexity index is 661. The topological polar surface area (TPSA) is 56.4 Å². The molecule has 0 aromatic heterocycles. The fraction of sp³-hybridized carbons (Fsp3) is 0.222. The molecule has 0 fully saturated rings. The van der Waals surface area contributed by atoms with E-state index in [1.165, 1.54) is 0 Å². The number of carbonyl (C=O) groups is 1. The second-order valence-corrected chi connectivity index (χ2v) is 6.01. The molecule has 0 saturated heterocycles. The second kappa shape index (κ2) is 9.00. The molecule has 0 aliphatic heterocycles. The highest BCUT2D eigenvalue weighted by atomic mass is 32.1. The summed E-state index contributed by atoms with van der Waals surface area (Å²) in [5, 5.41) is 3.35. The van der Waals surface area contributed by atoms with Crippen LogP contribution >= 0.6 is 12.2 Å². The number of likely N-dealkylation sites (N-methyl/N-ethyl adjacent to an activating group) is 1. The summed E-state index contributed by atoms with van der Waals surface area (Å²) < 4.78 is 0. The molecule has 6 heteroatoms. The number of carbonyl (C=O) groups excluding carboxylic acids is 1. The summed E-state index contributed by atoms with van der Waals surface area (Å²) in [4.78, 5) is 14.3. The SMILES string of the molecule is CN(C)C(Cc1ccccc1)C(=O)NNC(=S)Nc1ccccc1. The predicted molar refractivity (Wildman–Crippen MR) is 102 cm³/mol. The van der Waals surface area contributed by atoms with E-state index in [9.17, 15) is 4.79 Å². The fourth-order valence-corrected chi connectivity index (χ4v) is 2.40. The molecular formula is C18H22N4OS. The lowest BCUT2D eigenvalue weighted by atomic mass is 10.0. The number of benzene rings is 2. The van der Waals surface area contributed by atoms with Gasteiger partial charge in [-0.05, 0) is 50.4 Å². The van der Waals surface area contributed by atoms with Crippen molar-refractivity contribution in [3.63, 3.8) is 0 Å². The van der Waals surface area contributed by atoms with Crippen LogP contribution in [0.5, 0.6) is 0 Å². The monoisotopic (exact) mass is 342 g/mol. The van der Waals surface area contributed by atoms with E-state index in [-0.39, 0.29) is 11.9 Å². The van der Waals surface area contributed by atoms with Gasteiger partial charge < -0.3 is 5.32 Å². The first kappa shape index (κ1) is 17.9. The number of hydrazine groups is 1. The van der Waals surface area contributed by atoms with Crippen LogP contribution in [0.1, 0.15) is 5.56 Å². The lowest BCUT2D eigenvalue weighted by molar-refractivity contribution is -0.126. The van der Waals surface area contributed by atoms with Gasteiger partial charge in [0.25, 0.3) is 5.91 Å². The zero-order chi connectivity index (χ0) is 17.4. The summed E-state index contributed by atoms with van der Waals surface area (Å²) in [5.41, 5.74) is 7.38. The third kappa shape index (κ3) is 5.64. The minimum atomic E-state index is -0.292. The van der Waals surface area contributed by atoms with Crippen molar-refractivity contribution in [2.45, 2.75) is 12.5 Å². The summed E-state index contributed by atoms with van der Waals surface area (Å²) >= 11 is 5.19. The van der Waals surface area contributed by atoms with Crippen molar-refractivity contribution in [1.82, 2.24) is 15.8 Å². The molecule has 1 atom stereocenters. The number of nitrogens with zero attached hydrogens (tertiary/aromatic N) is 1. The largest absolute Gasteiger partial charge is 0.331 e. The van der Waals surface area contributed by atoms with Crippen LogP contribution < -0.4 is 16.2 Å². The van der Waals surface area contributed by atoms with Gasteiger partial charge in [0.05, 0.1) is 6.04 Å². The lowest BCUT2D eigenvalue weighted by Crippen LogP contribution is -2.52. The van der Waals surface area contributed by atoms with Crippen LogP contribution in [0.15, 0.2) is 60.7 Å². The molecule has 126 valence electrons. The molecule has 1 amide bonds. The van der Waals surface area contributed by atoms with E-state index in [0.717, 1.165) is 11.3 Å². The van der Waals surface area contributed by atoms with Crippen LogP contribution in [0.3, 0.4) is 0 Å². The van der Waals surface area contributed by atoms with Crippen LogP contribution in [0.4, 0.5) is 5.69 Å². The van der Waals surface area contributed by atoms with E-state index in [0.29, 0.717) is 11.5 Å². The van der Waals surface area contributed by atoms with Crippen molar-refractivity contribution in [2.24, 2.45) is 0 Å². The Morgan fingerprint density at radius 1 is 1.00 bits per heavy atom. The molecule has 2 rings (SSSR count). The Labute approximate surface area is 148 Å². The number of para-hydroxylation sites is 1. The molecular weight excluding hydrogens is 320 g/mol. The van der Waals surface area contributed by atoms with E-state index in [2.05, 4.69) is 16.2 Å². The van der Waals surface area contributed by atoms with Crippen molar-refractivity contribution in [3.05, 3.63) is 66.2 Å². The molecule has 3 N–H and O–H groups in total. The maximum Gasteiger partial charge on any atom is 0.256 e. The van der Waals surface area contributed by atoms with Gasteiger partial charge in [-0.2, -0.15) is 0 Å². The van der Waals surface area contributed by atoms with Crippen LogP contribution in [0.2, 0.25) is 0 Å². The average Bonchev–Trinajstić information content (AvgIpc) is 2.59. The quantitative estimate of drug-likeness (QED) is 0.574. The number of hydrogen-bond donors (Lipinski definition) is 3. The molecule has 2 aromatic rings. The van der Waals surface area contributed by atoms with Gasteiger partial charge in [-0.3, -0.25) is 20.5 Å². The highest BCUT2D eigenvalue weighted by molar-refractivity contribution is 7.80. The number of thiocarbonyl (C=S) groups is 1. The molecule has 0 bridgehead atoms. The van der Waals surface area contributed by atoms with E-state index in [4.69, 9.17) is 12.2 Å². The standard InChI is InChI=1S/C18H22N4OS/c1-22(2)16(13-14-9-5-3-6-10-14)17(23)20-21-18(24)19-15-11-7-4-8-12-15/h3-12,16H,13H2,1-2H3,(H,20,23)(H2,19,21,24). The minimum absolute atomic E-state index is 0.138. The lowest BCUT2D eigenvalue weighted by Gasteiger charge is -2.24. The average molecular weight is 342 g/mol. The first-order valence-corrected chi connectivity index (χ1v) is 8.09.